The first-order valence-electron chi connectivity index (χ1n) is 11.2. The van der Waals surface area contributed by atoms with Gasteiger partial charge in [0, 0.05) is 42.2 Å². The van der Waals surface area contributed by atoms with E-state index in [-0.39, 0.29) is 17.1 Å². The molecule has 4 atom stereocenters. The Morgan fingerprint density at radius 2 is 1.97 bits per heavy atom. The highest BCUT2D eigenvalue weighted by Gasteiger charge is 2.48. The summed E-state index contributed by atoms with van der Waals surface area (Å²) in [5.41, 5.74) is 1.40. The normalized spacial score (nSPS) is 28.8. The highest BCUT2D eigenvalue weighted by atomic mass is 16.5. The lowest BCUT2D eigenvalue weighted by molar-refractivity contribution is -0.163. The van der Waals surface area contributed by atoms with Crippen molar-refractivity contribution in [3.8, 4) is 5.75 Å². The van der Waals surface area contributed by atoms with Crippen molar-refractivity contribution >= 4 is 16.9 Å². The van der Waals surface area contributed by atoms with Gasteiger partial charge in [-0.1, -0.05) is 0 Å². The van der Waals surface area contributed by atoms with Crippen molar-refractivity contribution < 1.29 is 18.7 Å². The van der Waals surface area contributed by atoms with Crippen LogP contribution in [0.5, 0.6) is 5.75 Å². The third kappa shape index (κ3) is 3.74. The van der Waals surface area contributed by atoms with Crippen LogP contribution in [-0.2, 0) is 9.53 Å². The number of amides is 1. The zero-order valence-electron chi connectivity index (χ0n) is 18.4. The van der Waals surface area contributed by atoms with Gasteiger partial charge in [0.2, 0.25) is 0 Å². The molecule has 7 heteroatoms. The third-order valence-corrected chi connectivity index (χ3v) is 7.22. The summed E-state index contributed by atoms with van der Waals surface area (Å²) in [6.07, 6.45) is 3.68. The standard InChI is InChI=1S/C24H30N2O5/c1-14-15(2)23(28)31-21-10-19(6-7-20(14)21)30-16(3)22(27)26-8-9-29-24(13-26)11-17-4-5-18(12-24)25-17/h6-7,10,16-18,25H,4-5,8-9,11-13H2,1-3H3/t16?,17-,18+,24?. The number of fused-ring (bicyclic) bond motifs is 3. The van der Waals surface area contributed by atoms with Gasteiger partial charge in [-0.25, -0.2) is 4.79 Å². The number of carbonyl (C=O) groups is 1. The third-order valence-electron chi connectivity index (χ3n) is 7.22. The van der Waals surface area contributed by atoms with Crippen molar-refractivity contribution in [3.05, 3.63) is 39.7 Å². The molecule has 0 radical (unpaired) electrons. The monoisotopic (exact) mass is 426 g/mol. The molecular formula is C24H30N2O5. The predicted molar refractivity (Wildman–Crippen MR) is 116 cm³/mol. The minimum atomic E-state index is -0.635. The molecule has 31 heavy (non-hydrogen) atoms. The molecule has 3 aliphatic heterocycles. The Kier molecular flexibility index (Phi) is 5.06. The number of carbonyl (C=O) groups excluding carboxylic acids is 1. The Labute approximate surface area is 181 Å². The lowest BCUT2D eigenvalue weighted by Crippen LogP contribution is -2.61. The largest absolute Gasteiger partial charge is 0.481 e. The van der Waals surface area contributed by atoms with Crippen LogP contribution in [0.1, 0.15) is 43.7 Å². The van der Waals surface area contributed by atoms with Gasteiger partial charge < -0.3 is 24.1 Å². The van der Waals surface area contributed by atoms with Gasteiger partial charge >= 0.3 is 5.63 Å². The van der Waals surface area contributed by atoms with E-state index in [4.69, 9.17) is 13.9 Å². The van der Waals surface area contributed by atoms with Crippen LogP contribution in [0.4, 0.5) is 0 Å². The fraction of sp³-hybridized carbons (Fsp3) is 0.583. The minimum absolute atomic E-state index is 0.0322. The average Bonchev–Trinajstić information content (AvgIpc) is 3.10. The summed E-state index contributed by atoms with van der Waals surface area (Å²) in [6, 6.07) is 6.40. The number of benzene rings is 1. The molecule has 7 nitrogen and oxygen atoms in total. The lowest BCUT2D eigenvalue weighted by atomic mass is 9.85. The molecule has 1 N–H and O–H groups in total. The van der Waals surface area contributed by atoms with Gasteiger partial charge in [-0.15, -0.1) is 0 Å². The van der Waals surface area contributed by atoms with E-state index in [1.807, 2.05) is 24.0 Å². The van der Waals surface area contributed by atoms with Crippen molar-refractivity contribution in [1.29, 1.82) is 0 Å². The molecule has 2 unspecified atom stereocenters. The van der Waals surface area contributed by atoms with E-state index in [2.05, 4.69) is 5.32 Å². The van der Waals surface area contributed by atoms with Crippen LogP contribution in [0.3, 0.4) is 0 Å². The van der Waals surface area contributed by atoms with Crippen LogP contribution in [0.2, 0.25) is 0 Å². The first kappa shape index (κ1) is 20.5. The maximum Gasteiger partial charge on any atom is 0.339 e. The Hall–Kier alpha value is -2.38. The van der Waals surface area contributed by atoms with E-state index < -0.39 is 6.10 Å². The van der Waals surface area contributed by atoms with Crippen molar-refractivity contribution in [3.63, 3.8) is 0 Å². The highest BCUT2D eigenvalue weighted by molar-refractivity contribution is 5.83. The van der Waals surface area contributed by atoms with Crippen molar-refractivity contribution in [2.24, 2.45) is 0 Å². The number of aryl methyl sites for hydroxylation is 1. The van der Waals surface area contributed by atoms with Crippen molar-refractivity contribution in [1.82, 2.24) is 10.2 Å². The van der Waals surface area contributed by atoms with Crippen molar-refractivity contribution in [2.75, 3.05) is 19.7 Å². The average molecular weight is 427 g/mol. The van der Waals surface area contributed by atoms with Crippen LogP contribution in [0.25, 0.3) is 11.0 Å². The van der Waals surface area contributed by atoms with E-state index in [9.17, 15) is 9.59 Å². The SMILES string of the molecule is Cc1c(C)c2ccc(OC(C)C(=O)N3CCOC4(C[C@H]5CC[C@@H](C4)N5)C3)cc2oc1=O. The molecule has 0 saturated carbocycles. The number of hydrogen-bond acceptors (Lipinski definition) is 6. The Bertz CT molecular complexity index is 1070. The molecule has 1 aromatic carbocycles. The summed E-state index contributed by atoms with van der Waals surface area (Å²) >= 11 is 0. The summed E-state index contributed by atoms with van der Waals surface area (Å²) in [4.78, 5) is 27.1. The van der Waals surface area contributed by atoms with Gasteiger partial charge in [-0.2, -0.15) is 0 Å². The molecule has 2 bridgehead atoms. The summed E-state index contributed by atoms with van der Waals surface area (Å²) in [6.45, 7) is 7.22. The van der Waals surface area contributed by atoms with Gasteiger partial charge in [0.05, 0.1) is 12.2 Å². The molecule has 4 heterocycles. The quantitative estimate of drug-likeness (QED) is 0.760. The summed E-state index contributed by atoms with van der Waals surface area (Å²) in [7, 11) is 0. The number of piperidine rings is 1. The maximum absolute atomic E-state index is 13.2. The molecule has 2 aromatic rings. The summed E-state index contributed by atoms with van der Waals surface area (Å²) < 4.78 is 17.6. The van der Waals surface area contributed by atoms with E-state index in [1.165, 1.54) is 12.8 Å². The molecule has 0 aliphatic carbocycles. The Balaban J connectivity index is 1.30. The lowest BCUT2D eigenvalue weighted by Gasteiger charge is -2.47. The maximum atomic E-state index is 13.2. The highest BCUT2D eigenvalue weighted by Crippen LogP contribution is 2.38. The number of ether oxygens (including phenoxy) is 2. The van der Waals surface area contributed by atoms with Crippen LogP contribution < -0.4 is 15.7 Å². The van der Waals surface area contributed by atoms with Crippen LogP contribution >= 0.6 is 0 Å². The second-order valence-corrected chi connectivity index (χ2v) is 9.39. The molecular weight excluding hydrogens is 396 g/mol. The molecule has 5 rings (SSSR count). The second-order valence-electron chi connectivity index (χ2n) is 9.39. The molecule has 166 valence electrons. The first-order chi connectivity index (χ1) is 14.8. The number of nitrogens with one attached hydrogen (secondary N) is 1. The predicted octanol–water partition coefficient (Wildman–Crippen LogP) is 2.69. The molecule has 1 spiro atoms. The van der Waals surface area contributed by atoms with Crippen LogP contribution in [0.15, 0.2) is 27.4 Å². The number of morpholine rings is 1. The fourth-order valence-corrected chi connectivity index (χ4v) is 5.50. The number of nitrogens with zero attached hydrogens (tertiary/aromatic N) is 1. The van der Waals surface area contributed by atoms with E-state index in [0.717, 1.165) is 23.8 Å². The van der Waals surface area contributed by atoms with Gasteiger partial charge in [0.1, 0.15) is 11.3 Å². The van der Waals surface area contributed by atoms with Gasteiger partial charge in [0.15, 0.2) is 6.10 Å². The number of hydrogen-bond donors (Lipinski definition) is 1. The Morgan fingerprint density at radius 3 is 2.71 bits per heavy atom. The number of rotatable bonds is 3. The minimum Gasteiger partial charge on any atom is -0.481 e. The molecule has 3 saturated heterocycles. The van der Waals surface area contributed by atoms with E-state index in [1.54, 1.807) is 19.9 Å². The molecule has 1 amide bonds. The smallest absolute Gasteiger partial charge is 0.339 e. The van der Waals surface area contributed by atoms with Crippen molar-refractivity contribution in [2.45, 2.75) is 70.2 Å². The van der Waals surface area contributed by atoms with E-state index >= 15 is 0 Å². The van der Waals surface area contributed by atoms with E-state index in [0.29, 0.717) is 48.7 Å². The topological polar surface area (TPSA) is 81.0 Å². The summed E-state index contributed by atoms with van der Waals surface area (Å²) in [5, 5.41) is 4.52. The van der Waals surface area contributed by atoms with Crippen LogP contribution in [-0.4, -0.2) is 54.3 Å². The molecule has 3 aliphatic rings. The first-order valence-corrected chi connectivity index (χ1v) is 11.2. The zero-order valence-corrected chi connectivity index (χ0v) is 18.4. The summed E-state index contributed by atoms with van der Waals surface area (Å²) in [5.74, 6) is 0.484. The molecule has 3 fully saturated rings. The van der Waals surface area contributed by atoms with Crippen LogP contribution in [0, 0.1) is 13.8 Å². The van der Waals surface area contributed by atoms with Gasteiger partial charge in [-0.05, 0) is 64.2 Å². The Morgan fingerprint density at radius 1 is 1.23 bits per heavy atom. The molecule has 1 aromatic heterocycles. The fourth-order valence-electron chi connectivity index (χ4n) is 5.50. The van der Waals surface area contributed by atoms with Gasteiger partial charge in [0.25, 0.3) is 5.91 Å². The second kappa shape index (κ2) is 7.64. The zero-order chi connectivity index (χ0) is 21.8. The van der Waals surface area contributed by atoms with Gasteiger partial charge in [-0.3, -0.25) is 4.79 Å².